The molecule has 4 nitrogen and oxygen atoms in total. The zero-order valence-corrected chi connectivity index (χ0v) is 12.2. The molecule has 0 saturated carbocycles. The van der Waals surface area contributed by atoms with Crippen molar-refractivity contribution in [3.05, 3.63) is 51.8 Å². The number of primary amides is 1. The van der Waals surface area contributed by atoms with Gasteiger partial charge in [-0.1, -0.05) is 11.6 Å². The van der Waals surface area contributed by atoms with Crippen molar-refractivity contribution in [3.63, 3.8) is 0 Å². The molecule has 0 saturated heterocycles. The van der Waals surface area contributed by atoms with Gasteiger partial charge in [-0.25, -0.2) is 13.8 Å². The van der Waals surface area contributed by atoms with Gasteiger partial charge < -0.3 is 11.1 Å². The van der Waals surface area contributed by atoms with E-state index in [0.717, 1.165) is 12.1 Å². The van der Waals surface area contributed by atoms with Gasteiger partial charge in [0.1, 0.15) is 17.3 Å². The molecule has 3 N–H and O–H groups in total. The van der Waals surface area contributed by atoms with E-state index in [1.807, 2.05) is 0 Å². The minimum atomic E-state index is -0.785. The van der Waals surface area contributed by atoms with Crippen LogP contribution >= 0.6 is 11.6 Å². The molecule has 22 heavy (non-hydrogen) atoms. The number of nitrogens with zero attached hydrogens (tertiary/aromatic N) is 1. The smallest absolute Gasteiger partial charge is 0.267 e. The maximum absolute atomic E-state index is 14.2. The summed E-state index contributed by atoms with van der Waals surface area (Å²) in [5, 5.41) is 3.07. The Hall–Kier alpha value is -2.05. The number of hydrogen-bond acceptors (Lipinski definition) is 3. The van der Waals surface area contributed by atoms with E-state index in [9.17, 15) is 13.6 Å². The van der Waals surface area contributed by atoms with Crippen molar-refractivity contribution in [2.45, 2.75) is 13.0 Å². The molecule has 1 aromatic carbocycles. The van der Waals surface area contributed by atoms with E-state index in [4.69, 9.17) is 17.3 Å². The van der Waals surface area contributed by atoms with Crippen molar-refractivity contribution in [2.75, 3.05) is 6.54 Å². The standard InChI is InChI=1S/C15H12ClF2N3O/c16-7-3-10(17)14(11(18)4-7)9-5-12(15(19)22)21-13-6-20-2-1-8(9)13/h3-5,20H,1-2,6H2,(H2,19,22). The molecule has 0 unspecified atom stereocenters. The summed E-state index contributed by atoms with van der Waals surface area (Å²) < 4.78 is 28.4. The Balaban J connectivity index is 2.30. The van der Waals surface area contributed by atoms with Gasteiger partial charge in [0, 0.05) is 11.6 Å². The van der Waals surface area contributed by atoms with E-state index in [1.165, 1.54) is 6.07 Å². The molecule has 7 heteroatoms. The van der Waals surface area contributed by atoms with Crippen LogP contribution in [-0.2, 0) is 13.0 Å². The van der Waals surface area contributed by atoms with Crippen molar-refractivity contribution >= 4 is 17.5 Å². The maximum Gasteiger partial charge on any atom is 0.267 e. The summed E-state index contributed by atoms with van der Waals surface area (Å²) in [7, 11) is 0. The number of aromatic nitrogens is 1. The van der Waals surface area contributed by atoms with Crippen LogP contribution in [-0.4, -0.2) is 17.4 Å². The summed E-state index contributed by atoms with van der Waals surface area (Å²) in [6.07, 6.45) is 0.554. The highest BCUT2D eigenvalue weighted by Crippen LogP contribution is 2.34. The Labute approximate surface area is 130 Å². The predicted octanol–water partition coefficient (Wildman–Crippen LogP) is 2.42. The third-order valence-corrected chi connectivity index (χ3v) is 3.80. The van der Waals surface area contributed by atoms with Crippen LogP contribution in [0.5, 0.6) is 0 Å². The predicted molar refractivity (Wildman–Crippen MR) is 78.5 cm³/mol. The quantitative estimate of drug-likeness (QED) is 0.892. The van der Waals surface area contributed by atoms with Crippen LogP contribution in [0.3, 0.4) is 0 Å². The minimum absolute atomic E-state index is 0.0220. The van der Waals surface area contributed by atoms with Crippen LogP contribution in [0.2, 0.25) is 5.02 Å². The molecular weight excluding hydrogens is 312 g/mol. The Morgan fingerprint density at radius 2 is 1.95 bits per heavy atom. The molecule has 1 amide bonds. The number of hydrogen-bond donors (Lipinski definition) is 2. The third-order valence-electron chi connectivity index (χ3n) is 3.58. The first-order valence-corrected chi connectivity index (χ1v) is 7.03. The van der Waals surface area contributed by atoms with Gasteiger partial charge >= 0.3 is 0 Å². The number of fused-ring (bicyclic) bond motifs is 1. The average molecular weight is 324 g/mol. The van der Waals surface area contributed by atoms with E-state index < -0.39 is 17.5 Å². The lowest BCUT2D eigenvalue weighted by Crippen LogP contribution is -2.27. The highest BCUT2D eigenvalue weighted by molar-refractivity contribution is 6.30. The lowest BCUT2D eigenvalue weighted by molar-refractivity contribution is 0.0995. The van der Waals surface area contributed by atoms with Gasteiger partial charge in [0.05, 0.1) is 11.3 Å². The van der Waals surface area contributed by atoms with Crippen molar-refractivity contribution in [2.24, 2.45) is 5.73 Å². The first-order chi connectivity index (χ1) is 10.5. The van der Waals surface area contributed by atoms with E-state index in [-0.39, 0.29) is 16.3 Å². The lowest BCUT2D eigenvalue weighted by Gasteiger charge is -2.21. The average Bonchev–Trinajstić information content (AvgIpc) is 2.45. The zero-order valence-electron chi connectivity index (χ0n) is 11.4. The number of rotatable bonds is 2. The number of carbonyl (C=O) groups excluding carboxylic acids is 1. The van der Waals surface area contributed by atoms with Crippen molar-refractivity contribution in [3.8, 4) is 11.1 Å². The van der Waals surface area contributed by atoms with Crippen LogP contribution in [0.4, 0.5) is 8.78 Å². The first-order valence-electron chi connectivity index (χ1n) is 6.65. The number of amides is 1. The molecule has 3 rings (SSSR count). The van der Waals surface area contributed by atoms with Gasteiger partial charge in [-0.2, -0.15) is 0 Å². The molecule has 114 valence electrons. The number of carbonyl (C=O) groups is 1. The summed E-state index contributed by atoms with van der Waals surface area (Å²) in [5.74, 6) is -2.32. The summed E-state index contributed by atoms with van der Waals surface area (Å²) >= 11 is 5.66. The van der Waals surface area contributed by atoms with E-state index >= 15 is 0 Å². The van der Waals surface area contributed by atoms with E-state index in [1.54, 1.807) is 0 Å². The van der Waals surface area contributed by atoms with Gasteiger partial charge in [-0.3, -0.25) is 4.79 Å². The molecule has 2 heterocycles. The molecule has 2 aromatic rings. The molecule has 1 aliphatic rings. The van der Waals surface area contributed by atoms with Gasteiger partial charge in [-0.15, -0.1) is 0 Å². The van der Waals surface area contributed by atoms with Crippen LogP contribution in [0, 0.1) is 11.6 Å². The highest BCUT2D eigenvalue weighted by Gasteiger charge is 2.23. The molecule has 0 atom stereocenters. The second-order valence-electron chi connectivity index (χ2n) is 5.02. The molecule has 0 aliphatic carbocycles. The SMILES string of the molecule is NC(=O)c1cc(-c2c(F)cc(Cl)cc2F)c2c(n1)CNCC2. The second-order valence-corrected chi connectivity index (χ2v) is 5.45. The Kier molecular flexibility index (Phi) is 3.80. The van der Waals surface area contributed by atoms with Crippen LogP contribution in [0.1, 0.15) is 21.7 Å². The number of nitrogens with one attached hydrogen (secondary N) is 1. The summed E-state index contributed by atoms with van der Waals surface area (Å²) in [5.41, 5.74) is 6.61. The highest BCUT2D eigenvalue weighted by atomic mass is 35.5. The minimum Gasteiger partial charge on any atom is -0.364 e. The van der Waals surface area contributed by atoms with Gasteiger partial charge in [0.15, 0.2) is 0 Å². The maximum atomic E-state index is 14.2. The van der Waals surface area contributed by atoms with Gasteiger partial charge in [0.25, 0.3) is 5.91 Å². The Morgan fingerprint density at radius 3 is 2.59 bits per heavy atom. The summed E-state index contributed by atoms with van der Waals surface area (Å²) in [6.45, 7) is 1.08. The summed E-state index contributed by atoms with van der Waals surface area (Å²) in [6, 6.07) is 3.41. The number of nitrogens with two attached hydrogens (primary N) is 1. The van der Waals surface area contributed by atoms with E-state index in [0.29, 0.717) is 36.3 Å². The number of benzene rings is 1. The molecular formula is C15H12ClF2N3O. The zero-order chi connectivity index (χ0) is 15.9. The van der Waals surface area contributed by atoms with Gasteiger partial charge in [0.2, 0.25) is 0 Å². The van der Waals surface area contributed by atoms with E-state index in [2.05, 4.69) is 10.3 Å². The molecule has 0 fully saturated rings. The molecule has 0 radical (unpaired) electrons. The summed E-state index contributed by atoms with van der Waals surface area (Å²) in [4.78, 5) is 15.6. The van der Waals surface area contributed by atoms with Crippen LogP contribution < -0.4 is 11.1 Å². The topological polar surface area (TPSA) is 68.0 Å². The normalized spacial score (nSPS) is 13.8. The van der Waals surface area contributed by atoms with Crippen molar-refractivity contribution in [1.82, 2.24) is 10.3 Å². The molecule has 0 bridgehead atoms. The third kappa shape index (κ3) is 2.55. The Bertz CT molecular complexity index is 757. The molecule has 1 aromatic heterocycles. The first kappa shape index (κ1) is 14.9. The number of pyridine rings is 1. The fourth-order valence-electron chi connectivity index (χ4n) is 2.62. The fraction of sp³-hybridized carbons (Fsp3) is 0.200. The molecule has 0 spiro atoms. The van der Waals surface area contributed by atoms with Gasteiger partial charge in [-0.05, 0) is 42.3 Å². The van der Waals surface area contributed by atoms with Crippen molar-refractivity contribution < 1.29 is 13.6 Å². The van der Waals surface area contributed by atoms with Crippen LogP contribution in [0.15, 0.2) is 18.2 Å². The fourth-order valence-corrected chi connectivity index (χ4v) is 2.81. The molecule has 1 aliphatic heterocycles. The lowest BCUT2D eigenvalue weighted by atomic mass is 9.93. The largest absolute Gasteiger partial charge is 0.364 e. The monoisotopic (exact) mass is 323 g/mol. The van der Waals surface area contributed by atoms with Crippen LogP contribution in [0.25, 0.3) is 11.1 Å². The number of halogens is 3. The Morgan fingerprint density at radius 1 is 1.27 bits per heavy atom. The van der Waals surface area contributed by atoms with Crippen molar-refractivity contribution in [1.29, 1.82) is 0 Å². The second kappa shape index (κ2) is 5.62.